The molecular formula is C15H14N2OS2. The largest absolute Gasteiger partial charge is 0.316 e. The number of hydrogen-bond donors (Lipinski definition) is 1. The third kappa shape index (κ3) is 3.62. The van der Waals surface area contributed by atoms with Gasteiger partial charge in [0.2, 0.25) is 5.91 Å². The fourth-order valence-corrected chi connectivity index (χ4v) is 3.34. The van der Waals surface area contributed by atoms with Gasteiger partial charge in [-0.15, -0.1) is 23.1 Å². The minimum atomic E-state index is -0.0881. The molecule has 0 saturated carbocycles. The number of benzene rings is 1. The van der Waals surface area contributed by atoms with E-state index in [4.69, 9.17) is 5.26 Å². The maximum absolute atomic E-state index is 11.9. The first-order valence-corrected chi connectivity index (χ1v) is 7.94. The van der Waals surface area contributed by atoms with Crippen molar-refractivity contribution in [2.75, 3.05) is 11.1 Å². The van der Waals surface area contributed by atoms with Gasteiger partial charge in [0.05, 0.1) is 11.3 Å². The molecule has 1 heterocycles. The van der Waals surface area contributed by atoms with Crippen molar-refractivity contribution >= 4 is 34.0 Å². The molecule has 1 aromatic carbocycles. The minimum absolute atomic E-state index is 0.0881. The van der Waals surface area contributed by atoms with Crippen LogP contribution in [-0.2, 0) is 4.79 Å². The summed E-state index contributed by atoms with van der Waals surface area (Å²) in [5.74, 6) is 0.252. The van der Waals surface area contributed by atoms with Crippen LogP contribution in [0.4, 0.5) is 5.00 Å². The topological polar surface area (TPSA) is 52.9 Å². The number of nitrogens with zero attached hydrogens (tertiary/aromatic N) is 1. The maximum atomic E-state index is 11.9. The number of aryl methyl sites for hydroxylation is 2. The molecule has 20 heavy (non-hydrogen) atoms. The Hall–Kier alpha value is -1.77. The van der Waals surface area contributed by atoms with Gasteiger partial charge < -0.3 is 5.32 Å². The second-order valence-electron chi connectivity index (χ2n) is 4.38. The number of thiophene rings is 1. The van der Waals surface area contributed by atoms with Crippen LogP contribution in [0.2, 0.25) is 0 Å². The molecule has 2 rings (SSSR count). The number of nitrogens with one attached hydrogen (secondary N) is 1. The minimum Gasteiger partial charge on any atom is -0.316 e. The number of carbonyl (C=O) groups excluding carboxylic acids is 1. The standard InChI is InChI=1S/C15H14N2OS2/c1-10-3-4-11(2)13(7-10)20-9-14(18)17-15-12(8-16)5-6-19-15/h3-7H,9H2,1-2H3,(H,17,18). The summed E-state index contributed by atoms with van der Waals surface area (Å²) in [5, 5.41) is 14.1. The summed E-state index contributed by atoms with van der Waals surface area (Å²) in [7, 11) is 0. The summed E-state index contributed by atoms with van der Waals surface area (Å²) < 4.78 is 0. The molecule has 2 aromatic rings. The van der Waals surface area contributed by atoms with E-state index >= 15 is 0 Å². The lowest BCUT2D eigenvalue weighted by Crippen LogP contribution is -2.13. The van der Waals surface area contributed by atoms with E-state index in [1.807, 2.05) is 13.8 Å². The number of rotatable bonds is 4. The van der Waals surface area contributed by atoms with Crippen LogP contribution in [0.1, 0.15) is 16.7 Å². The molecule has 1 N–H and O–H groups in total. The third-order valence-corrected chi connectivity index (χ3v) is 4.73. The van der Waals surface area contributed by atoms with Gasteiger partial charge in [0.25, 0.3) is 0 Å². The van der Waals surface area contributed by atoms with E-state index in [-0.39, 0.29) is 5.91 Å². The van der Waals surface area contributed by atoms with Crippen molar-refractivity contribution < 1.29 is 4.79 Å². The first-order chi connectivity index (χ1) is 9.60. The van der Waals surface area contributed by atoms with Crippen molar-refractivity contribution in [3.05, 3.63) is 46.3 Å². The van der Waals surface area contributed by atoms with Crippen LogP contribution >= 0.6 is 23.1 Å². The van der Waals surface area contributed by atoms with E-state index in [1.165, 1.54) is 34.2 Å². The molecule has 0 fully saturated rings. The quantitative estimate of drug-likeness (QED) is 0.870. The van der Waals surface area contributed by atoms with Gasteiger partial charge in [-0.25, -0.2) is 0 Å². The van der Waals surface area contributed by atoms with Crippen LogP contribution in [0.25, 0.3) is 0 Å². The molecule has 0 unspecified atom stereocenters. The Morgan fingerprint density at radius 1 is 1.40 bits per heavy atom. The Bertz CT molecular complexity index is 671. The van der Waals surface area contributed by atoms with Crippen LogP contribution in [0.5, 0.6) is 0 Å². The smallest absolute Gasteiger partial charge is 0.235 e. The molecule has 3 nitrogen and oxygen atoms in total. The zero-order chi connectivity index (χ0) is 14.5. The Balaban J connectivity index is 1.96. The summed E-state index contributed by atoms with van der Waals surface area (Å²) in [4.78, 5) is 13.0. The van der Waals surface area contributed by atoms with Crippen molar-refractivity contribution in [2.24, 2.45) is 0 Å². The van der Waals surface area contributed by atoms with E-state index in [2.05, 4.69) is 29.6 Å². The van der Waals surface area contributed by atoms with E-state index in [9.17, 15) is 4.79 Å². The fraction of sp³-hybridized carbons (Fsp3) is 0.200. The molecule has 0 spiro atoms. The van der Waals surface area contributed by atoms with Crippen molar-refractivity contribution in [3.63, 3.8) is 0 Å². The SMILES string of the molecule is Cc1ccc(C)c(SCC(=O)Nc2sccc2C#N)c1. The number of hydrogen-bond acceptors (Lipinski definition) is 4. The summed E-state index contributed by atoms with van der Waals surface area (Å²) in [5.41, 5.74) is 2.87. The molecule has 0 radical (unpaired) electrons. The average Bonchev–Trinajstić information content (AvgIpc) is 2.87. The molecule has 1 aromatic heterocycles. The predicted molar refractivity (Wildman–Crippen MR) is 84.3 cm³/mol. The van der Waals surface area contributed by atoms with Gasteiger partial charge in [0.15, 0.2) is 0 Å². The predicted octanol–water partition coefficient (Wildman–Crippen LogP) is 3.97. The van der Waals surface area contributed by atoms with Gasteiger partial charge in [-0.05, 0) is 36.9 Å². The second-order valence-corrected chi connectivity index (χ2v) is 6.31. The van der Waals surface area contributed by atoms with Gasteiger partial charge in [0.1, 0.15) is 11.1 Å². The molecule has 0 aliphatic rings. The Labute approximate surface area is 126 Å². The number of amides is 1. The Morgan fingerprint density at radius 2 is 2.20 bits per heavy atom. The van der Waals surface area contributed by atoms with Crippen molar-refractivity contribution in [1.82, 2.24) is 0 Å². The van der Waals surface area contributed by atoms with Crippen molar-refractivity contribution in [2.45, 2.75) is 18.7 Å². The molecule has 0 atom stereocenters. The normalized spacial score (nSPS) is 10.1. The van der Waals surface area contributed by atoms with Gasteiger partial charge in [-0.2, -0.15) is 5.26 Å². The highest BCUT2D eigenvalue weighted by atomic mass is 32.2. The molecular weight excluding hydrogens is 288 g/mol. The molecule has 5 heteroatoms. The van der Waals surface area contributed by atoms with Crippen LogP contribution in [0, 0.1) is 25.2 Å². The van der Waals surface area contributed by atoms with E-state index in [0.29, 0.717) is 16.3 Å². The summed E-state index contributed by atoms with van der Waals surface area (Å²) in [6, 6.07) is 9.97. The molecule has 0 aliphatic heterocycles. The van der Waals surface area contributed by atoms with E-state index in [1.54, 1.807) is 11.4 Å². The summed E-state index contributed by atoms with van der Waals surface area (Å²) >= 11 is 2.88. The third-order valence-electron chi connectivity index (χ3n) is 2.74. The van der Waals surface area contributed by atoms with Crippen LogP contribution in [0.3, 0.4) is 0 Å². The number of thioether (sulfide) groups is 1. The summed E-state index contributed by atoms with van der Waals surface area (Å²) in [6.07, 6.45) is 0. The monoisotopic (exact) mass is 302 g/mol. The molecule has 0 aliphatic carbocycles. The molecule has 0 saturated heterocycles. The van der Waals surface area contributed by atoms with Crippen molar-refractivity contribution in [3.8, 4) is 6.07 Å². The number of nitriles is 1. The lowest BCUT2D eigenvalue weighted by atomic mass is 10.2. The molecule has 0 bridgehead atoms. The van der Waals surface area contributed by atoms with Crippen LogP contribution in [-0.4, -0.2) is 11.7 Å². The highest BCUT2D eigenvalue weighted by Crippen LogP contribution is 2.25. The van der Waals surface area contributed by atoms with Crippen LogP contribution < -0.4 is 5.32 Å². The first-order valence-electron chi connectivity index (χ1n) is 6.07. The van der Waals surface area contributed by atoms with Crippen LogP contribution in [0.15, 0.2) is 34.5 Å². The second kappa shape index (κ2) is 6.60. The zero-order valence-corrected chi connectivity index (χ0v) is 12.9. The zero-order valence-electron chi connectivity index (χ0n) is 11.3. The van der Waals surface area contributed by atoms with Gasteiger partial charge in [-0.3, -0.25) is 4.79 Å². The lowest BCUT2D eigenvalue weighted by Gasteiger charge is -2.07. The van der Waals surface area contributed by atoms with E-state index < -0.39 is 0 Å². The Kier molecular flexibility index (Phi) is 4.83. The van der Waals surface area contributed by atoms with Gasteiger partial charge >= 0.3 is 0 Å². The fourth-order valence-electron chi connectivity index (χ4n) is 1.66. The first kappa shape index (κ1) is 14.6. The summed E-state index contributed by atoms with van der Waals surface area (Å²) in [6.45, 7) is 4.07. The highest BCUT2D eigenvalue weighted by Gasteiger charge is 2.09. The lowest BCUT2D eigenvalue weighted by molar-refractivity contribution is -0.113. The average molecular weight is 302 g/mol. The maximum Gasteiger partial charge on any atom is 0.235 e. The molecule has 102 valence electrons. The molecule has 1 amide bonds. The Morgan fingerprint density at radius 3 is 2.95 bits per heavy atom. The highest BCUT2D eigenvalue weighted by molar-refractivity contribution is 8.00. The number of carbonyl (C=O) groups is 1. The van der Waals surface area contributed by atoms with Gasteiger partial charge in [0, 0.05) is 4.90 Å². The van der Waals surface area contributed by atoms with Crippen molar-refractivity contribution in [1.29, 1.82) is 5.26 Å². The number of anilines is 1. The van der Waals surface area contributed by atoms with Gasteiger partial charge in [-0.1, -0.05) is 17.7 Å². The van der Waals surface area contributed by atoms with E-state index in [0.717, 1.165) is 4.90 Å².